The first kappa shape index (κ1) is 12.9. The van der Waals surface area contributed by atoms with Crippen molar-refractivity contribution >= 4 is 18.2 Å². The van der Waals surface area contributed by atoms with Gasteiger partial charge in [-0.1, -0.05) is 30.3 Å². The minimum atomic E-state index is 0.787. The summed E-state index contributed by atoms with van der Waals surface area (Å²) < 4.78 is 5.09. The van der Waals surface area contributed by atoms with E-state index in [0.717, 1.165) is 23.4 Å². The van der Waals surface area contributed by atoms with Gasteiger partial charge in [-0.05, 0) is 35.9 Å². The molecule has 0 unspecified atom stereocenters. The zero-order chi connectivity index (χ0) is 13.5. The van der Waals surface area contributed by atoms with Gasteiger partial charge in [0.2, 0.25) is 6.41 Å². The molecule has 19 heavy (non-hydrogen) atoms. The predicted octanol–water partition coefficient (Wildman–Crippen LogP) is 3.33. The summed E-state index contributed by atoms with van der Waals surface area (Å²) >= 11 is 0. The topological polar surface area (TPSA) is 29.5 Å². The summed E-state index contributed by atoms with van der Waals surface area (Å²) in [5.41, 5.74) is 1.84. The third kappa shape index (κ3) is 3.45. The summed E-state index contributed by atoms with van der Waals surface area (Å²) in [4.78, 5) is 12.6. The van der Waals surface area contributed by atoms with E-state index in [2.05, 4.69) is 0 Å². The lowest BCUT2D eigenvalue weighted by molar-refractivity contribution is -0.106. The maximum absolute atomic E-state index is 11.1. The molecule has 0 heterocycles. The van der Waals surface area contributed by atoms with Gasteiger partial charge < -0.3 is 4.74 Å². The van der Waals surface area contributed by atoms with E-state index in [1.54, 1.807) is 13.3 Å². The van der Waals surface area contributed by atoms with Crippen molar-refractivity contribution in [3.05, 3.63) is 66.4 Å². The van der Waals surface area contributed by atoms with Gasteiger partial charge in [-0.2, -0.15) is 0 Å². The average molecular weight is 253 g/mol. The Morgan fingerprint density at radius 1 is 1.00 bits per heavy atom. The maximum atomic E-state index is 11.1. The Morgan fingerprint density at radius 3 is 2.26 bits per heavy atom. The highest BCUT2D eigenvalue weighted by Crippen LogP contribution is 2.15. The van der Waals surface area contributed by atoms with E-state index in [1.807, 2.05) is 60.7 Å². The Hall–Kier alpha value is -2.55. The maximum Gasteiger partial charge on any atom is 0.218 e. The summed E-state index contributed by atoms with van der Waals surface area (Å²) in [5.74, 6) is 0.812. The molecule has 2 rings (SSSR count). The molecule has 0 fully saturated rings. The highest BCUT2D eigenvalue weighted by atomic mass is 16.5. The Labute approximate surface area is 112 Å². The number of para-hydroxylation sites is 1. The highest BCUT2D eigenvalue weighted by Gasteiger charge is 1.99. The van der Waals surface area contributed by atoms with Crippen LogP contribution >= 0.6 is 0 Å². The SMILES string of the molecule is COc1ccc(C=CN(C=O)c2ccccc2)cc1. The lowest BCUT2D eigenvalue weighted by Gasteiger charge is -2.11. The van der Waals surface area contributed by atoms with Gasteiger partial charge in [0, 0.05) is 11.9 Å². The Morgan fingerprint density at radius 2 is 1.68 bits per heavy atom. The first-order chi connectivity index (χ1) is 9.33. The second-order valence-electron chi connectivity index (χ2n) is 3.94. The quantitative estimate of drug-likeness (QED) is 0.765. The van der Waals surface area contributed by atoms with Crippen molar-refractivity contribution in [1.82, 2.24) is 0 Å². The molecule has 0 atom stereocenters. The normalized spacial score (nSPS) is 10.4. The van der Waals surface area contributed by atoms with E-state index in [0.29, 0.717) is 0 Å². The molecule has 0 radical (unpaired) electrons. The molecule has 0 aliphatic rings. The number of ether oxygens (including phenoxy) is 1. The Kier molecular flexibility index (Phi) is 4.34. The fraction of sp³-hybridized carbons (Fsp3) is 0.0625. The Balaban J connectivity index is 2.13. The smallest absolute Gasteiger partial charge is 0.218 e. The zero-order valence-electron chi connectivity index (χ0n) is 10.7. The molecule has 0 aliphatic carbocycles. The summed E-state index contributed by atoms with van der Waals surface area (Å²) in [6, 6.07) is 17.1. The predicted molar refractivity (Wildman–Crippen MR) is 77.0 cm³/mol. The number of hydrogen-bond donors (Lipinski definition) is 0. The van der Waals surface area contributed by atoms with Crippen LogP contribution in [-0.4, -0.2) is 13.5 Å². The van der Waals surface area contributed by atoms with Crippen LogP contribution in [0.2, 0.25) is 0 Å². The minimum absolute atomic E-state index is 0.787. The number of hydrogen-bond acceptors (Lipinski definition) is 2. The Bertz CT molecular complexity index is 547. The molecule has 2 aromatic carbocycles. The van der Waals surface area contributed by atoms with E-state index in [4.69, 9.17) is 4.74 Å². The monoisotopic (exact) mass is 253 g/mol. The van der Waals surface area contributed by atoms with Gasteiger partial charge in [-0.3, -0.25) is 9.69 Å². The van der Waals surface area contributed by atoms with Crippen molar-refractivity contribution < 1.29 is 9.53 Å². The third-order valence-corrected chi connectivity index (χ3v) is 2.71. The molecule has 0 bridgehead atoms. The number of methoxy groups -OCH3 is 1. The number of nitrogens with zero attached hydrogens (tertiary/aromatic N) is 1. The van der Waals surface area contributed by atoms with Crippen molar-refractivity contribution in [2.24, 2.45) is 0 Å². The van der Waals surface area contributed by atoms with Crippen molar-refractivity contribution in [2.45, 2.75) is 0 Å². The van der Waals surface area contributed by atoms with Crippen molar-refractivity contribution in [2.75, 3.05) is 12.0 Å². The fourth-order valence-electron chi connectivity index (χ4n) is 1.66. The van der Waals surface area contributed by atoms with Gasteiger partial charge in [0.25, 0.3) is 0 Å². The van der Waals surface area contributed by atoms with Crippen LogP contribution in [0.5, 0.6) is 5.75 Å². The van der Waals surface area contributed by atoms with Gasteiger partial charge in [0.15, 0.2) is 0 Å². The first-order valence-electron chi connectivity index (χ1n) is 5.94. The molecule has 3 heteroatoms. The summed E-state index contributed by atoms with van der Waals surface area (Å²) in [5, 5.41) is 0. The van der Waals surface area contributed by atoms with Gasteiger partial charge in [0.05, 0.1) is 7.11 Å². The van der Waals surface area contributed by atoms with Crippen LogP contribution in [0, 0.1) is 0 Å². The lowest BCUT2D eigenvalue weighted by atomic mass is 10.2. The van der Waals surface area contributed by atoms with Crippen LogP contribution in [0.25, 0.3) is 6.08 Å². The standard InChI is InChI=1S/C16H15NO2/c1-19-16-9-7-14(8-10-16)11-12-17(13-18)15-5-3-2-4-6-15/h2-13H,1H3. The van der Waals surface area contributed by atoms with Gasteiger partial charge in [0.1, 0.15) is 5.75 Å². The molecule has 0 spiro atoms. The van der Waals surface area contributed by atoms with E-state index in [1.165, 1.54) is 4.90 Å². The molecule has 0 saturated carbocycles. The van der Waals surface area contributed by atoms with Crippen molar-refractivity contribution in [1.29, 1.82) is 0 Å². The molecule has 1 amide bonds. The number of amides is 1. The fourth-order valence-corrected chi connectivity index (χ4v) is 1.66. The second kappa shape index (κ2) is 6.40. The first-order valence-corrected chi connectivity index (χ1v) is 5.94. The number of benzene rings is 2. The van der Waals surface area contributed by atoms with E-state index >= 15 is 0 Å². The molecule has 96 valence electrons. The molecular weight excluding hydrogens is 238 g/mol. The lowest BCUT2D eigenvalue weighted by Crippen LogP contribution is -2.12. The van der Waals surface area contributed by atoms with Gasteiger partial charge in [-0.25, -0.2) is 0 Å². The van der Waals surface area contributed by atoms with Crippen molar-refractivity contribution in [3.63, 3.8) is 0 Å². The van der Waals surface area contributed by atoms with E-state index in [9.17, 15) is 4.79 Å². The zero-order valence-corrected chi connectivity index (χ0v) is 10.7. The molecule has 0 aromatic heterocycles. The van der Waals surface area contributed by atoms with Gasteiger partial charge >= 0.3 is 0 Å². The molecular formula is C16H15NO2. The van der Waals surface area contributed by atoms with Crippen LogP contribution in [0.1, 0.15) is 5.56 Å². The van der Waals surface area contributed by atoms with Crippen LogP contribution < -0.4 is 9.64 Å². The second-order valence-corrected chi connectivity index (χ2v) is 3.94. The van der Waals surface area contributed by atoms with Gasteiger partial charge in [-0.15, -0.1) is 0 Å². The molecule has 0 N–H and O–H groups in total. The van der Waals surface area contributed by atoms with Crippen LogP contribution in [-0.2, 0) is 4.79 Å². The average Bonchev–Trinajstić information content (AvgIpc) is 2.49. The van der Waals surface area contributed by atoms with E-state index < -0.39 is 0 Å². The minimum Gasteiger partial charge on any atom is -0.497 e. The largest absolute Gasteiger partial charge is 0.497 e. The summed E-state index contributed by atoms with van der Waals surface area (Å²) in [6.45, 7) is 0. The van der Waals surface area contributed by atoms with Crippen LogP contribution in [0.3, 0.4) is 0 Å². The highest BCUT2D eigenvalue weighted by molar-refractivity contribution is 5.79. The van der Waals surface area contributed by atoms with Crippen molar-refractivity contribution in [3.8, 4) is 5.75 Å². The van der Waals surface area contributed by atoms with E-state index in [-0.39, 0.29) is 0 Å². The number of anilines is 1. The van der Waals surface area contributed by atoms with Crippen LogP contribution in [0.4, 0.5) is 5.69 Å². The molecule has 0 saturated heterocycles. The van der Waals surface area contributed by atoms with Crippen LogP contribution in [0.15, 0.2) is 60.8 Å². The molecule has 0 aliphatic heterocycles. The summed E-state index contributed by atoms with van der Waals surface area (Å²) in [6.07, 6.45) is 4.40. The molecule has 2 aromatic rings. The number of carbonyl (C=O) groups excluding carboxylic acids is 1. The molecule has 3 nitrogen and oxygen atoms in total. The third-order valence-electron chi connectivity index (χ3n) is 2.71. The number of rotatable bonds is 5. The summed E-state index contributed by atoms with van der Waals surface area (Å²) in [7, 11) is 1.63. The number of carbonyl (C=O) groups is 1.